The van der Waals surface area contributed by atoms with Gasteiger partial charge in [-0.15, -0.1) is 9.36 Å². The topological polar surface area (TPSA) is 17.5 Å². The molecule has 120 valence electrons. The highest BCUT2D eigenvalue weighted by atomic mass is 15.4. The van der Waals surface area contributed by atoms with Gasteiger partial charge in [-0.1, -0.05) is 36.4 Å². The summed E-state index contributed by atoms with van der Waals surface area (Å²) in [5.41, 5.74) is 6.56. The van der Waals surface area contributed by atoms with Crippen molar-refractivity contribution in [3.63, 3.8) is 0 Å². The van der Waals surface area contributed by atoms with Crippen molar-refractivity contribution in [1.29, 1.82) is 0 Å². The summed E-state index contributed by atoms with van der Waals surface area (Å²) in [7, 11) is 0. The summed E-state index contributed by atoms with van der Waals surface area (Å²) < 4.78 is 4.23. The summed E-state index contributed by atoms with van der Waals surface area (Å²) in [6.45, 7) is 15.6. The van der Waals surface area contributed by atoms with Crippen molar-refractivity contribution < 1.29 is 4.68 Å². The van der Waals surface area contributed by atoms with E-state index in [2.05, 4.69) is 49.4 Å². The zero-order chi connectivity index (χ0) is 17.7. The van der Waals surface area contributed by atoms with Crippen LogP contribution in [0.5, 0.6) is 0 Å². The molecule has 4 aromatic rings. The van der Waals surface area contributed by atoms with E-state index < -0.39 is 0 Å². The molecule has 0 bridgehead atoms. The summed E-state index contributed by atoms with van der Waals surface area (Å²) in [5.74, 6) is 0. The van der Waals surface area contributed by atoms with E-state index in [1.807, 2.05) is 30.5 Å². The third-order valence-electron chi connectivity index (χ3n) is 4.86. The quantitative estimate of drug-likeness (QED) is 0.302. The predicted molar refractivity (Wildman–Crippen MR) is 101 cm³/mol. The smallest absolute Gasteiger partial charge is 0.207 e. The molecule has 2 heterocycles. The van der Waals surface area contributed by atoms with E-state index in [0.29, 0.717) is 11.4 Å². The SMILES string of the molecule is [C-]#[N+]c1cc([N+]#[C-])c2c(c1)c[n+]1n2-c2cc(-c3ccccc3)ccc2C1. The fraction of sp³-hybridized carbons (Fsp3) is 0.0455. The number of rotatable bonds is 1. The predicted octanol–water partition coefficient (Wildman–Crippen LogP) is 5.05. The largest absolute Gasteiger partial charge is 0.239 e. The van der Waals surface area contributed by atoms with Crippen LogP contribution in [0.3, 0.4) is 0 Å². The van der Waals surface area contributed by atoms with Crippen molar-refractivity contribution in [3.05, 3.63) is 95.3 Å². The van der Waals surface area contributed by atoms with Gasteiger partial charge < -0.3 is 0 Å². The fourth-order valence-corrected chi connectivity index (χ4v) is 3.71. The average Bonchev–Trinajstić information content (AvgIpc) is 3.22. The molecule has 0 fully saturated rings. The van der Waals surface area contributed by atoms with Crippen LogP contribution in [0.25, 0.3) is 37.4 Å². The lowest BCUT2D eigenvalue weighted by Crippen LogP contribution is -2.36. The van der Waals surface area contributed by atoms with Crippen molar-refractivity contribution in [2.24, 2.45) is 0 Å². The average molecular weight is 333 g/mol. The highest BCUT2D eigenvalue weighted by Crippen LogP contribution is 2.36. The van der Waals surface area contributed by atoms with Crippen molar-refractivity contribution in [3.8, 4) is 16.8 Å². The normalized spacial score (nSPS) is 11.6. The van der Waals surface area contributed by atoms with E-state index >= 15 is 0 Å². The van der Waals surface area contributed by atoms with Gasteiger partial charge in [0.15, 0.2) is 12.2 Å². The van der Waals surface area contributed by atoms with E-state index in [1.165, 1.54) is 11.1 Å². The molecule has 5 rings (SSSR count). The number of nitrogens with zero attached hydrogens (tertiary/aromatic N) is 4. The lowest BCUT2D eigenvalue weighted by molar-refractivity contribution is -0.749. The van der Waals surface area contributed by atoms with Crippen LogP contribution in [0.1, 0.15) is 5.56 Å². The molecule has 1 aromatic heterocycles. The van der Waals surface area contributed by atoms with Gasteiger partial charge in [0.1, 0.15) is 11.2 Å². The third kappa shape index (κ3) is 1.97. The lowest BCUT2D eigenvalue weighted by atomic mass is 10.0. The van der Waals surface area contributed by atoms with Gasteiger partial charge in [-0.3, -0.25) is 0 Å². The van der Waals surface area contributed by atoms with E-state index in [-0.39, 0.29) is 0 Å². The van der Waals surface area contributed by atoms with E-state index in [1.54, 1.807) is 6.07 Å². The molecule has 0 N–H and O–H groups in total. The monoisotopic (exact) mass is 333 g/mol. The Bertz CT molecular complexity index is 1270. The first-order chi connectivity index (χ1) is 12.8. The fourth-order valence-electron chi connectivity index (χ4n) is 3.71. The minimum Gasteiger partial charge on any atom is -0.239 e. The van der Waals surface area contributed by atoms with Gasteiger partial charge in [0.2, 0.25) is 11.9 Å². The Labute approximate surface area is 150 Å². The van der Waals surface area contributed by atoms with Crippen molar-refractivity contribution >= 4 is 22.3 Å². The van der Waals surface area contributed by atoms with Crippen LogP contribution < -0.4 is 4.68 Å². The maximum Gasteiger partial charge on any atom is 0.207 e. The Morgan fingerprint density at radius 2 is 1.73 bits per heavy atom. The Balaban J connectivity index is 1.79. The standard InChI is InChI=1S/C22H13N4/c1-23-19-10-18-14-25-13-17-9-8-16(15-6-4-3-5-7-15)11-21(17)26(25)22(18)20(12-19)24-2/h3-12,14H,13H2/q+1. The van der Waals surface area contributed by atoms with Crippen LogP contribution >= 0.6 is 0 Å². The van der Waals surface area contributed by atoms with Crippen molar-refractivity contribution in [2.45, 2.75) is 6.54 Å². The zero-order valence-electron chi connectivity index (χ0n) is 13.8. The van der Waals surface area contributed by atoms with E-state index in [4.69, 9.17) is 13.1 Å². The van der Waals surface area contributed by atoms with Crippen molar-refractivity contribution in [2.75, 3.05) is 0 Å². The highest BCUT2D eigenvalue weighted by molar-refractivity contribution is 5.95. The van der Waals surface area contributed by atoms with Gasteiger partial charge in [-0.25, -0.2) is 9.69 Å². The van der Waals surface area contributed by atoms with E-state index in [9.17, 15) is 0 Å². The molecule has 0 aliphatic carbocycles. The second-order valence-corrected chi connectivity index (χ2v) is 6.37. The van der Waals surface area contributed by atoms with Gasteiger partial charge in [-0.2, -0.15) is 0 Å². The maximum absolute atomic E-state index is 7.56. The Morgan fingerprint density at radius 1 is 0.885 bits per heavy atom. The minimum absolute atomic E-state index is 0.506. The van der Waals surface area contributed by atoms with Crippen molar-refractivity contribution in [1.82, 2.24) is 4.68 Å². The molecule has 0 saturated carbocycles. The summed E-state index contributed by atoms with van der Waals surface area (Å²) >= 11 is 0. The van der Waals surface area contributed by atoms with Gasteiger partial charge in [0.25, 0.3) is 0 Å². The first kappa shape index (κ1) is 14.5. The lowest BCUT2D eigenvalue weighted by Gasteiger charge is -2.05. The number of fused-ring (bicyclic) bond motifs is 5. The molecule has 1 aliphatic rings. The molecular weight excluding hydrogens is 320 g/mol. The number of hydrogen-bond donors (Lipinski definition) is 0. The summed E-state index contributed by atoms with van der Waals surface area (Å²) in [5, 5.41) is 0.931. The third-order valence-corrected chi connectivity index (χ3v) is 4.86. The molecule has 0 saturated heterocycles. The van der Waals surface area contributed by atoms with Crippen LogP contribution in [0.2, 0.25) is 0 Å². The number of benzene rings is 3. The maximum atomic E-state index is 7.56. The van der Waals surface area contributed by atoms with E-state index in [0.717, 1.165) is 28.7 Å². The summed E-state index contributed by atoms with van der Waals surface area (Å²) in [6, 6.07) is 20.3. The van der Waals surface area contributed by atoms with Crippen LogP contribution in [0.15, 0.2) is 66.9 Å². The number of aromatic nitrogens is 2. The van der Waals surface area contributed by atoms with Gasteiger partial charge >= 0.3 is 0 Å². The molecule has 3 aromatic carbocycles. The first-order valence-electron chi connectivity index (χ1n) is 8.31. The second kappa shape index (κ2) is 5.31. The molecule has 0 atom stereocenters. The molecular formula is C22H13N4+. The summed E-state index contributed by atoms with van der Waals surface area (Å²) in [4.78, 5) is 7.18. The molecule has 0 unspecified atom stereocenters. The summed E-state index contributed by atoms with van der Waals surface area (Å²) in [6.07, 6.45) is 2.03. The molecule has 1 aliphatic heterocycles. The van der Waals surface area contributed by atoms with Crippen LogP contribution in [0, 0.1) is 13.1 Å². The molecule has 26 heavy (non-hydrogen) atoms. The van der Waals surface area contributed by atoms with Gasteiger partial charge in [0, 0.05) is 10.9 Å². The number of hydrogen-bond acceptors (Lipinski definition) is 0. The first-order valence-corrected chi connectivity index (χ1v) is 8.31. The Kier molecular flexibility index (Phi) is 2.95. The molecule has 4 heteroatoms. The van der Waals surface area contributed by atoms with Gasteiger partial charge in [-0.05, 0) is 35.4 Å². The Morgan fingerprint density at radius 3 is 2.50 bits per heavy atom. The molecule has 0 radical (unpaired) electrons. The van der Waals surface area contributed by atoms with Crippen LogP contribution in [-0.4, -0.2) is 4.68 Å². The Hall–Kier alpha value is -3.89. The molecule has 0 amide bonds. The molecule has 0 spiro atoms. The highest BCUT2D eigenvalue weighted by Gasteiger charge is 2.30. The molecule has 4 nitrogen and oxygen atoms in total. The zero-order valence-corrected chi connectivity index (χ0v) is 13.8. The van der Waals surface area contributed by atoms with Crippen LogP contribution in [-0.2, 0) is 6.54 Å². The minimum atomic E-state index is 0.506. The van der Waals surface area contributed by atoms with Gasteiger partial charge in [0.05, 0.1) is 13.1 Å². The van der Waals surface area contributed by atoms with Crippen LogP contribution in [0.4, 0.5) is 11.4 Å². The second-order valence-electron chi connectivity index (χ2n) is 6.37.